The summed E-state index contributed by atoms with van der Waals surface area (Å²) in [6.07, 6.45) is 3.06. The lowest BCUT2D eigenvalue weighted by molar-refractivity contribution is 0.412. The predicted molar refractivity (Wildman–Crippen MR) is 82.8 cm³/mol. The smallest absolute Gasteiger partial charge is 0.204 e. The summed E-state index contributed by atoms with van der Waals surface area (Å²) in [5.41, 5.74) is 0. The third kappa shape index (κ3) is 3.96. The van der Waals surface area contributed by atoms with Crippen molar-refractivity contribution >= 4 is 21.5 Å². The third-order valence-corrected chi connectivity index (χ3v) is 5.10. The Morgan fingerprint density at radius 2 is 2.14 bits per heavy atom. The average Bonchev–Trinajstić information content (AvgIpc) is 2.65. The van der Waals surface area contributed by atoms with E-state index < -0.39 is 9.84 Å². The van der Waals surface area contributed by atoms with Crippen LogP contribution in [0.15, 0.2) is 6.33 Å². The van der Waals surface area contributed by atoms with Crippen LogP contribution >= 0.6 is 0 Å². The van der Waals surface area contributed by atoms with Gasteiger partial charge in [-0.15, -0.1) is 0 Å². The maximum atomic E-state index is 11.7. The third-order valence-electron chi connectivity index (χ3n) is 3.39. The van der Waals surface area contributed by atoms with E-state index in [4.69, 9.17) is 4.74 Å². The number of sulfone groups is 1. The first kappa shape index (κ1) is 15.8. The van der Waals surface area contributed by atoms with Crippen molar-refractivity contribution < 1.29 is 13.2 Å². The molecule has 118 valence electrons. The molecule has 0 aromatic carbocycles. The average molecular weight is 314 g/mol. The Balaban J connectivity index is 2.26. The molecule has 2 rings (SSSR count). The minimum absolute atomic E-state index is 0.151. The molecule has 1 aromatic rings. The molecule has 1 N–H and O–H groups in total. The van der Waals surface area contributed by atoms with Crippen LogP contribution < -0.4 is 15.0 Å². The van der Waals surface area contributed by atoms with Crippen LogP contribution in [0, 0.1) is 0 Å². The van der Waals surface area contributed by atoms with E-state index in [1.54, 1.807) is 7.11 Å². The molecule has 7 nitrogen and oxygen atoms in total. The zero-order valence-corrected chi connectivity index (χ0v) is 13.3. The second kappa shape index (κ2) is 6.93. The van der Waals surface area contributed by atoms with Crippen molar-refractivity contribution in [2.75, 3.05) is 48.5 Å². The van der Waals surface area contributed by atoms with Crippen molar-refractivity contribution in [1.29, 1.82) is 0 Å². The molecule has 1 saturated heterocycles. The van der Waals surface area contributed by atoms with Crippen LogP contribution in [0.3, 0.4) is 0 Å². The molecular formula is C13H22N4O3S. The largest absolute Gasteiger partial charge is 0.490 e. The van der Waals surface area contributed by atoms with Gasteiger partial charge >= 0.3 is 0 Å². The highest BCUT2D eigenvalue weighted by Gasteiger charge is 2.23. The van der Waals surface area contributed by atoms with Crippen LogP contribution in [0.4, 0.5) is 11.6 Å². The predicted octanol–water partition coefficient (Wildman–Crippen LogP) is 0.932. The lowest BCUT2D eigenvalue weighted by Crippen LogP contribution is -2.28. The first-order valence-corrected chi connectivity index (χ1v) is 8.97. The summed E-state index contributed by atoms with van der Waals surface area (Å²) in [7, 11) is -1.37. The molecular weight excluding hydrogens is 292 g/mol. The molecule has 21 heavy (non-hydrogen) atoms. The number of rotatable bonds is 5. The Morgan fingerprint density at radius 1 is 1.33 bits per heavy atom. The van der Waals surface area contributed by atoms with Gasteiger partial charge in [0, 0.05) is 19.6 Å². The molecule has 0 radical (unpaired) electrons. The Morgan fingerprint density at radius 3 is 2.86 bits per heavy atom. The molecule has 0 atom stereocenters. The number of aromatic nitrogens is 2. The lowest BCUT2D eigenvalue weighted by Gasteiger charge is -2.23. The second-order valence-electron chi connectivity index (χ2n) is 5.00. The molecule has 0 spiro atoms. The quantitative estimate of drug-likeness (QED) is 0.865. The van der Waals surface area contributed by atoms with Crippen molar-refractivity contribution in [3.05, 3.63) is 6.33 Å². The normalized spacial score (nSPS) is 18.1. The summed E-state index contributed by atoms with van der Waals surface area (Å²) < 4.78 is 28.9. The number of nitrogens with one attached hydrogen (secondary N) is 1. The fraction of sp³-hybridized carbons (Fsp3) is 0.692. The second-order valence-corrected chi connectivity index (χ2v) is 7.30. The number of methoxy groups -OCH3 is 1. The van der Waals surface area contributed by atoms with Crippen LogP contribution in [0.1, 0.15) is 19.8 Å². The SMILES string of the molecule is CCCNc1ncnc(N2CCCS(=O)(=O)CC2)c1OC. The molecule has 0 unspecified atom stereocenters. The van der Waals surface area contributed by atoms with E-state index in [1.807, 2.05) is 4.90 Å². The highest BCUT2D eigenvalue weighted by atomic mass is 32.2. The van der Waals surface area contributed by atoms with Crippen molar-refractivity contribution in [3.63, 3.8) is 0 Å². The van der Waals surface area contributed by atoms with Crippen molar-refractivity contribution in [1.82, 2.24) is 9.97 Å². The number of ether oxygens (including phenoxy) is 1. The van der Waals surface area contributed by atoms with Crippen molar-refractivity contribution in [3.8, 4) is 5.75 Å². The summed E-state index contributed by atoms with van der Waals surface area (Å²) in [6, 6.07) is 0. The highest BCUT2D eigenvalue weighted by molar-refractivity contribution is 7.91. The first-order valence-electron chi connectivity index (χ1n) is 7.15. The van der Waals surface area contributed by atoms with Crippen LogP contribution in [-0.2, 0) is 9.84 Å². The van der Waals surface area contributed by atoms with E-state index in [9.17, 15) is 8.42 Å². The van der Waals surface area contributed by atoms with Gasteiger partial charge in [-0.25, -0.2) is 18.4 Å². The minimum atomic E-state index is -2.95. The summed E-state index contributed by atoms with van der Waals surface area (Å²) >= 11 is 0. The van der Waals surface area contributed by atoms with Gasteiger partial charge in [-0.2, -0.15) is 0 Å². The Hall–Kier alpha value is -1.57. The first-order chi connectivity index (χ1) is 10.1. The fourth-order valence-corrected chi connectivity index (χ4v) is 3.57. The summed E-state index contributed by atoms with van der Waals surface area (Å²) in [5.74, 6) is 2.26. The molecule has 1 fully saturated rings. The van der Waals surface area contributed by atoms with Gasteiger partial charge in [0.1, 0.15) is 6.33 Å². The molecule has 1 aliphatic rings. The van der Waals surface area contributed by atoms with Crippen LogP contribution in [-0.4, -0.2) is 56.6 Å². The molecule has 0 bridgehead atoms. The standard InChI is InChI=1S/C13H22N4O3S/c1-3-5-14-12-11(20-2)13(16-10-15-12)17-6-4-8-21(18,19)9-7-17/h10H,3-9H2,1-2H3,(H,14,15,16). The number of hydrogen-bond acceptors (Lipinski definition) is 7. The summed E-state index contributed by atoms with van der Waals surface area (Å²) in [6.45, 7) is 3.95. The number of nitrogens with zero attached hydrogens (tertiary/aromatic N) is 3. The van der Waals surface area contributed by atoms with Gasteiger partial charge in [0.2, 0.25) is 5.75 Å². The monoisotopic (exact) mass is 314 g/mol. The maximum Gasteiger partial charge on any atom is 0.204 e. The van der Waals surface area contributed by atoms with E-state index in [-0.39, 0.29) is 11.5 Å². The van der Waals surface area contributed by atoms with Gasteiger partial charge in [0.05, 0.1) is 18.6 Å². The molecule has 0 amide bonds. The summed E-state index contributed by atoms with van der Waals surface area (Å²) in [4.78, 5) is 10.4. The molecule has 8 heteroatoms. The van der Waals surface area contributed by atoms with Crippen LogP contribution in [0.25, 0.3) is 0 Å². The molecule has 1 aromatic heterocycles. The molecule has 0 saturated carbocycles. The zero-order chi connectivity index (χ0) is 15.3. The van der Waals surface area contributed by atoms with Crippen LogP contribution in [0.2, 0.25) is 0 Å². The van der Waals surface area contributed by atoms with Gasteiger partial charge in [-0.05, 0) is 12.8 Å². The van der Waals surface area contributed by atoms with Gasteiger partial charge < -0.3 is 15.0 Å². The van der Waals surface area contributed by atoms with Gasteiger partial charge in [-0.3, -0.25) is 0 Å². The zero-order valence-electron chi connectivity index (χ0n) is 12.5. The van der Waals surface area contributed by atoms with E-state index >= 15 is 0 Å². The summed E-state index contributed by atoms with van der Waals surface area (Å²) in [5, 5.41) is 3.20. The fourth-order valence-electron chi connectivity index (χ4n) is 2.30. The lowest BCUT2D eigenvalue weighted by atomic mass is 10.3. The maximum absolute atomic E-state index is 11.7. The Labute approximate surface area is 125 Å². The van der Waals surface area contributed by atoms with Gasteiger partial charge in [0.25, 0.3) is 0 Å². The molecule has 2 heterocycles. The minimum Gasteiger partial charge on any atom is -0.490 e. The van der Waals surface area contributed by atoms with E-state index in [0.717, 1.165) is 13.0 Å². The van der Waals surface area contributed by atoms with E-state index in [0.29, 0.717) is 36.9 Å². The topological polar surface area (TPSA) is 84.4 Å². The van der Waals surface area contributed by atoms with E-state index in [1.165, 1.54) is 6.33 Å². The van der Waals surface area contributed by atoms with E-state index in [2.05, 4.69) is 22.2 Å². The van der Waals surface area contributed by atoms with Crippen LogP contribution in [0.5, 0.6) is 5.75 Å². The molecule has 1 aliphatic heterocycles. The Kier molecular flexibility index (Phi) is 5.22. The highest BCUT2D eigenvalue weighted by Crippen LogP contribution is 2.32. The van der Waals surface area contributed by atoms with Crippen molar-refractivity contribution in [2.24, 2.45) is 0 Å². The van der Waals surface area contributed by atoms with Gasteiger partial charge in [-0.1, -0.05) is 6.92 Å². The molecule has 0 aliphatic carbocycles. The number of anilines is 2. The van der Waals surface area contributed by atoms with Crippen molar-refractivity contribution in [2.45, 2.75) is 19.8 Å². The number of hydrogen-bond donors (Lipinski definition) is 1. The Bertz CT molecular complexity index is 577. The van der Waals surface area contributed by atoms with Gasteiger partial charge in [0.15, 0.2) is 21.5 Å².